The molecule has 116 valence electrons. The Kier molecular flexibility index (Phi) is 3.84. The van der Waals surface area contributed by atoms with E-state index in [1.165, 1.54) is 9.25 Å². The molecule has 9 heteroatoms. The van der Waals surface area contributed by atoms with Gasteiger partial charge in [0.25, 0.3) is 0 Å². The average molecular weight is 325 g/mol. The van der Waals surface area contributed by atoms with Crippen LogP contribution in [0.25, 0.3) is 0 Å². The molecule has 0 saturated heterocycles. The van der Waals surface area contributed by atoms with Gasteiger partial charge in [-0.25, -0.2) is 23.8 Å². The van der Waals surface area contributed by atoms with Gasteiger partial charge in [0, 0.05) is 19.0 Å². The molecule has 8 nitrogen and oxygen atoms in total. The number of aromatic nitrogens is 4. The van der Waals surface area contributed by atoms with Gasteiger partial charge in [-0.1, -0.05) is 11.6 Å². The second-order valence-corrected chi connectivity index (χ2v) is 5.33. The van der Waals surface area contributed by atoms with E-state index in [1.807, 2.05) is 0 Å². The van der Waals surface area contributed by atoms with E-state index in [-0.39, 0.29) is 6.54 Å². The molecule has 0 amide bonds. The van der Waals surface area contributed by atoms with Gasteiger partial charge in [0.15, 0.2) is 6.23 Å². The van der Waals surface area contributed by atoms with E-state index in [9.17, 15) is 9.59 Å². The quantitative estimate of drug-likeness (QED) is 0.681. The minimum atomic E-state index is -1.40. The maximum atomic E-state index is 12.4. The predicted molar refractivity (Wildman–Crippen MR) is 75.9 cm³/mol. The van der Waals surface area contributed by atoms with E-state index in [2.05, 4.69) is 10.1 Å². The van der Waals surface area contributed by atoms with Gasteiger partial charge in [-0.2, -0.15) is 5.10 Å². The van der Waals surface area contributed by atoms with Crippen molar-refractivity contribution in [2.24, 2.45) is 0 Å². The smallest absolute Gasteiger partial charge is 0.450 e. The molecule has 22 heavy (non-hydrogen) atoms. The number of carboxylic acid groups (broad SMARTS) is 1. The normalized spacial score (nSPS) is 17.0. The molecule has 0 radical (unpaired) electrons. The summed E-state index contributed by atoms with van der Waals surface area (Å²) < 4.78 is 7.36. The van der Waals surface area contributed by atoms with Crippen LogP contribution in [0.4, 0.5) is 4.79 Å². The van der Waals surface area contributed by atoms with Gasteiger partial charge < -0.3 is 9.84 Å². The predicted octanol–water partition coefficient (Wildman–Crippen LogP) is 1.67. The number of ether oxygens (including phenoxy) is 1. The molecule has 0 fully saturated rings. The Balaban J connectivity index is 1.93. The minimum Gasteiger partial charge on any atom is -0.450 e. The molecule has 1 aliphatic rings. The molecular weight excluding hydrogens is 312 g/mol. The van der Waals surface area contributed by atoms with Crippen LogP contribution in [0.1, 0.15) is 30.5 Å². The summed E-state index contributed by atoms with van der Waals surface area (Å²) in [5, 5.41) is 13.4. The lowest BCUT2D eigenvalue weighted by molar-refractivity contribution is 0.00392. The third-order valence-corrected chi connectivity index (χ3v) is 3.65. The van der Waals surface area contributed by atoms with Crippen molar-refractivity contribution in [1.82, 2.24) is 19.3 Å². The number of nitrogens with zero attached hydrogens (tertiary/aromatic N) is 4. The summed E-state index contributed by atoms with van der Waals surface area (Å²) in [6.45, 7) is 0.237. The Morgan fingerprint density at radius 3 is 3.09 bits per heavy atom. The summed E-state index contributed by atoms with van der Waals surface area (Å²) in [5.74, 6) is 0.530. The van der Waals surface area contributed by atoms with E-state index in [0.717, 1.165) is 12.0 Å². The SMILES string of the molecule is O=C(O)OC1CCCc2nn(Cc3ccnc(Cl)c3)c(=O)n21. The molecule has 0 saturated carbocycles. The van der Waals surface area contributed by atoms with Gasteiger partial charge in [-0.15, -0.1) is 0 Å². The fourth-order valence-corrected chi connectivity index (χ4v) is 2.73. The molecular formula is C13H13ClN4O4. The van der Waals surface area contributed by atoms with Crippen LogP contribution in [0.2, 0.25) is 5.15 Å². The van der Waals surface area contributed by atoms with Crippen molar-refractivity contribution in [3.05, 3.63) is 45.4 Å². The van der Waals surface area contributed by atoms with Crippen LogP contribution in [0.15, 0.2) is 23.1 Å². The lowest BCUT2D eigenvalue weighted by Crippen LogP contribution is -2.33. The van der Waals surface area contributed by atoms with Gasteiger partial charge in [0.2, 0.25) is 0 Å². The van der Waals surface area contributed by atoms with Crippen molar-refractivity contribution in [2.45, 2.75) is 32.0 Å². The van der Waals surface area contributed by atoms with E-state index < -0.39 is 18.1 Å². The summed E-state index contributed by atoms with van der Waals surface area (Å²) in [7, 11) is 0. The van der Waals surface area contributed by atoms with Crippen molar-refractivity contribution in [3.63, 3.8) is 0 Å². The summed E-state index contributed by atoms with van der Waals surface area (Å²) in [5.41, 5.74) is 0.391. The standard InChI is InChI=1S/C13H13ClN4O4/c14-9-6-8(4-5-15-9)7-17-12(19)18-10(16-17)2-1-3-11(18)22-13(20)21/h4-6,11H,1-3,7H2,(H,20,21). The molecule has 0 aliphatic carbocycles. The number of fused-ring (bicyclic) bond motifs is 1. The van der Waals surface area contributed by atoms with Gasteiger partial charge >= 0.3 is 11.8 Å². The lowest BCUT2D eigenvalue weighted by Gasteiger charge is -2.21. The number of rotatable bonds is 3. The second-order valence-electron chi connectivity index (χ2n) is 4.94. The highest BCUT2D eigenvalue weighted by Crippen LogP contribution is 2.23. The number of carbonyl (C=O) groups is 1. The first-order valence-corrected chi connectivity index (χ1v) is 7.10. The molecule has 0 bridgehead atoms. The average Bonchev–Trinajstić information content (AvgIpc) is 2.76. The van der Waals surface area contributed by atoms with Crippen LogP contribution >= 0.6 is 11.6 Å². The van der Waals surface area contributed by atoms with Crippen molar-refractivity contribution in [1.29, 1.82) is 0 Å². The van der Waals surface area contributed by atoms with Gasteiger partial charge in [0.05, 0.1) is 6.54 Å². The maximum Gasteiger partial charge on any atom is 0.507 e. The molecule has 2 aromatic rings. The molecule has 3 heterocycles. The topological polar surface area (TPSA) is 99.2 Å². The zero-order valence-corrected chi connectivity index (χ0v) is 12.2. The number of pyridine rings is 1. The van der Waals surface area contributed by atoms with E-state index >= 15 is 0 Å². The van der Waals surface area contributed by atoms with Crippen LogP contribution in [0.5, 0.6) is 0 Å². The molecule has 2 aromatic heterocycles. The zero-order valence-electron chi connectivity index (χ0n) is 11.5. The summed E-state index contributed by atoms with van der Waals surface area (Å²) in [6.07, 6.45) is 1.12. The number of hydrogen-bond donors (Lipinski definition) is 1. The van der Waals surface area contributed by atoms with Crippen molar-refractivity contribution in [3.8, 4) is 0 Å². The van der Waals surface area contributed by atoms with Crippen LogP contribution < -0.4 is 5.69 Å². The van der Waals surface area contributed by atoms with Crippen LogP contribution in [0.3, 0.4) is 0 Å². The van der Waals surface area contributed by atoms with Crippen LogP contribution in [-0.2, 0) is 17.7 Å². The third-order valence-electron chi connectivity index (χ3n) is 3.44. The third kappa shape index (κ3) is 2.82. The van der Waals surface area contributed by atoms with Gasteiger partial charge in [-0.3, -0.25) is 0 Å². The van der Waals surface area contributed by atoms with Crippen molar-refractivity contribution in [2.75, 3.05) is 0 Å². The van der Waals surface area contributed by atoms with Gasteiger partial charge in [0.1, 0.15) is 11.0 Å². The summed E-state index contributed by atoms with van der Waals surface area (Å²) in [4.78, 5) is 27.1. The monoisotopic (exact) mass is 324 g/mol. The molecule has 1 atom stereocenters. The second kappa shape index (κ2) is 5.80. The fraction of sp³-hybridized carbons (Fsp3) is 0.385. The van der Waals surface area contributed by atoms with E-state index in [1.54, 1.807) is 18.3 Å². The van der Waals surface area contributed by atoms with E-state index in [0.29, 0.717) is 23.8 Å². The summed E-state index contributed by atoms with van der Waals surface area (Å²) in [6, 6.07) is 3.39. The van der Waals surface area contributed by atoms with Crippen LogP contribution in [0, 0.1) is 0 Å². The molecule has 0 aromatic carbocycles. The molecule has 1 unspecified atom stereocenters. The first-order valence-electron chi connectivity index (χ1n) is 6.73. The molecule has 1 aliphatic heterocycles. The first kappa shape index (κ1) is 14.6. The van der Waals surface area contributed by atoms with Gasteiger partial charge in [-0.05, 0) is 24.1 Å². The highest BCUT2D eigenvalue weighted by Gasteiger charge is 2.28. The minimum absolute atomic E-state index is 0.237. The zero-order chi connectivity index (χ0) is 15.7. The molecule has 3 rings (SSSR count). The first-order chi connectivity index (χ1) is 10.5. The Morgan fingerprint density at radius 2 is 2.36 bits per heavy atom. The van der Waals surface area contributed by atoms with Crippen molar-refractivity contribution < 1.29 is 14.6 Å². The molecule has 1 N–H and O–H groups in total. The molecule has 0 spiro atoms. The number of aryl methyl sites for hydroxylation is 1. The Labute approximate surface area is 129 Å². The highest BCUT2D eigenvalue weighted by molar-refractivity contribution is 6.29. The Hall–Kier alpha value is -2.35. The number of halogens is 1. The Morgan fingerprint density at radius 1 is 1.55 bits per heavy atom. The Bertz CT molecular complexity index is 770. The lowest BCUT2D eigenvalue weighted by atomic mass is 10.1. The summed E-state index contributed by atoms with van der Waals surface area (Å²) >= 11 is 5.82. The van der Waals surface area contributed by atoms with E-state index in [4.69, 9.17) is 21.4 Å². The fourth-order valence-electron chi connectivity index (χ4n) is 2.53. The van der Waals surface area contributed by atoms with Crippen molar-refractivity contribution >= 4 is 17.8 Å². The maximum absolute atomic E-state index is 12.4. The largest absolute Gasteiger partial charge is 0.507 e. The van der Waals surface area contributed by atoms with Crippen LogP contribution in [-0.4, -0.2) is 30.6 Å². The number of hydrogen-bond acceptors (Lipinski definition) is 5. The highest BCUT2D eigenvalue weighted by atomic mass is 35.5.